The third kappa shape index (κ3) is 6.56. The van der Waals surface area contributed by atoms with Gasteiger partial charge in [0.15, 0.2) is 0 Å². The third-order valence-corrected chi connectivity index (χ3v) is 7.72. The molecule has 1 atom stereocenters. The molecule has 0 N–H and O–H groups in total. The number of benzene rings is 3. The molecule has 0 amide bonds. The van der Waals surface area contributed by atoms with Gasteiger partial charge in [-0.15, -0.1) is 0 Å². The van der Waals surface area contributed by atoms with Gasteiger partial charge in [0.25, 0.3) is 0 Å². The topological polar surface area (TPSA) is 0 Å². The molecular weight excluding hydrogens is 403 g/mol. The lowest BCUT2D eigenvalue weighted by Crippen LogP contribution is -2.16. The van der Waals surface area contributed by atoms with Gasteiger partial charge in [0.2, 0.25) is 0 Å². The molecule has 0 unspecified atom stereocenters. The van der Waals surface area contributed by atoms with Crippen LogP contribution in [0.25, 0.3) is 11.1 Å². The summed E-state index contributed by atoms with van der Waals surface area (Å²) >= 11 is 0. The molecule has 0 radical (unpaired) electrons. The molecule has 1 heteroatoms. The summed E-state index contributed by atoms with van der Waals surface area (Å²) in [6.07, 6.45) is 11.1. The van der Waals surface area contributed by atoms with Crippen LogP contribution in [0.3, 0.4) is 0 Å². The molecule has 0 saturated heterocycles. The molecule has 3 aromatic carbocycles. The smallest absolute Gasteiger partial charge is 0.127 e. The van der Waals surface area contributed by atoms with E-state index in [1.807, 2.05) is 6.07 Å². The van der Waals surface area contributed by atoms with Crippen molar-refractivity contribution < 1.29 is 4.39 Å². The Morgan fingerprint density at radius 2 is 1.45 bits per heavy atom. The first-order chi connectivity index (χ1) is 16.1. The van der Waals surface area contributed by atoms with Crippen LogP contribution in [0.2, 0.25) is 0 Å². The standard InChI is InChI=1S/C32H39F/c1-3-7-30-20-21-31(23-32(30)33)29-18-16-26(17-19-29)11-10-25-12-14-27(15-13-25)22-24(2)28-8-5-4-6-9-28/h4-6,8-9,16-21,23-25,27H,3,7,10-15,22H2,1-2H3/t24-,25?,27?/m1/s1. The Balaban J connectivity index is 1.23. The van der Waals surface area contributed by atoms with Gasteiger partial charge in [-0.1, -0.05) is 113 Å². The number of halogens is 1. The highest BCUT2D eigenvalue weighted by Crippen LogP contribution is 2.37. The van der Waals surface area contributed by atoms with E-state index in [1.165, 1.54) is 49.7 Å². The van der Waals surface area contributed by atoms with E-state index in [-0.39, 0.29) is 5.82 Å². The predicted molar refractivity (Wildman–Crippen MR) is 139 cm³/mol. The maximum atomic E-state index is 14.3. The first-order valence-corrected chi connectivity index (χ1v) is 13.0. The van der Waals surface area contributed by atoms with Gasteiger partial charge in [0.05, 0.1) is 0 Å². The molecule has 0 bridgehead atoms. The van der Waals surface area contributed by atoms with Crippen molar-refractivity contribution in [1.29, 1.82) is 0 Å². The molecule has 1 aliphatic rings. The minimum absolute atomic E-state index is 0.0767. The molecular formula is C32H39F. The van der Waals surface area contributed by atoms with E-state index in [1.54, 1.807) is 6.07 Å². The maximum absolute atomic E-state index is 14.3. The van der Waals surface area contributed by atoms with Crippen LogP contribution in [0.4, 0.5) is 4.39 Å². The monoisotopic (exact) mass is 442 g/mol. The van der Waals surface area contributed by atoms with E-state index < -0.39 is 0 Å². The quantitative estimate of drug-likeness (QED) is 0.309. The van der Waals surface area contributed by atoms with Gasteiger partial charge in [-0.2, -0.15) is 0 Å². The lowest BCUT2D eigenvalue weighted by atomic mass is 9.75. The van der Waals surface area contributed by atoms with Crippen molar-refractivity contribution in [2.24, 2.45) is 11.8 Å². The molecule has 0 spiro atoms. The summed E-state index contributed by atoms with van der Waals surface area (Å²) in [7, 11) is 0. The molecule has 1 aliphatic carbocycles. The Morgan fingerprint density at radius 1 is 0.788 bits per heavy atom. The Labute approximate surface area is 200 Å². The van der Waals surface area contributed by atoms with E-state index >= 15 is 0 Å². The summed E-state index contributed by atoms with van der Waals surface area (Å²) in [5.41, 5.74) is 5.79. The largest absolute Gasteiger partial charge is 0.207 e. The zero-order valence-electron chi connectivity index (χ0n) is 20.4. The molecule has 0 aliphatic heterocycles. The predicted octanol–water partition coefficient (Wildman–Crippen LogP) is 9.38. The van der Waals surface area contributed by atoms with Crippen LogP contribution in [-0.2, 0) is 12.8 Å². The van der Waals surface area contributed by atoms with Gasteiger partial charge < -0.3 is 0 Å². The highest BCUT2D eigenvalue weighted by molar-refractivity contribution is 5.64. The second-order valence-electron chi connectivity index (χ2n) is 10.2. The Morgan fingerprint density at radius 3 is 2.12 bits per heavy atom. The second kappa shape index (κ2) is 11.6. The highest BCUT2D eigenvalue weighted by atomic mass is 19.1. The lowest BCUT2D eigenvalue weighted by Gasteiger charge is -2.30. The van der Waals surface area contributed by atoms with Crippen molar-refractivity contribution in [2.45, 2.75) is 77.6 Å². The zero-order valence-corrected chi connectivity index (χ0v) is 20.4. The first kappa shape index (κ1) is 23.7. The van der Waals surface area contributed by atoms with Crippen molar-refractivity contribution in [2.75, 3.05) is 0 Å². The summed E-state index contributed by atoms with van der Waals surface area (Å²) in [6.45, 7) is 4.48. The van der Waals surface area contributed by atoms with Gasteiger partial charge in [-0.05, 0) is 77.3 Å². The summed E-state index contributed by atoms with van der Waals surface area (Å²) in [4.78, 5) is 0. The minimum Gasteiger partial charge on any atom is -0.207 e. The first-order valence-electron chi connectivity index (χ1n) is 13.0. The fourth-order valence-corrected chi connectivity index (χ4v) is 5.61. The van der Waals surface area contributed by atoms with Crippen LogP contribution >= 0.6 is 0 Å². The number of hydrogen-bond acceptors (Lipinski definition) is 0. The SMILES string of the molecule is CCCc1ccc(-c2ccc(CCC3CCC(C[C@@H](C)c4ccccc4)CC3)cc2)cc1F. The van der Waals surface area contributed by atoms with Gasteiger partial charge in [0, 0.05) is 0 Å². The van der Waals surface area contributed by atoms with Crippen LogP contribution in [0.1, 0.15) is 81.4 Å². The normalized spacial score (nSPS) is 19.4. The molecule has 4 rings (SSSR count). The van der Waals surface area contributed by atoms with Crippen molar-refractivity contribution in [3.05, 3.63) is 95.3 Å². The molecule has 33 heavy (non-hydrogen) atoms. The van der Waals surface area contributed by atoms with Crippen LogP contribution in [0.5, 0.6) is 0 Å². The number of aryl methyl sites for hydroxylation is 2. The van der Waals surface area contributed by atoms with E-state index in [2.05, 4.69) is 74.5 Å². The molecule has 1 saturated carbocycles. The molecule has 0 heterocycles. The van der Waals surface area contributed by atoms with E-state index in [0.717, 1.165) is 47.8 Å². The average Bonchev–Trinajstić information content (AvgIpc) is 2.86. The van der Waals surface area contributed by atoms with Crippen LogP contribution in [-0.4, -0.2) is 0 Å². The fraction of sp³-hybridized carbons (Fsp3) is 0.438. The van der Waals surface area contributed by atoms with E-state index in [9.17, 15) is 4.39 Å². The molecule has 1 fully saturated rings. The summed E-state index contributed by atoms with van der Waals surface area (Å²) in [5.74, 6) is 2.35. The van der Waals surface area contributed by atoms with E-state index in [0.29, 0.717) is 5.92 Å². The van der Waals surface area contributed by atoms with Gasteiger partial charge in [-0.3, -0.25) is 0 Å². The lowest BCUT2D eigenvalue weighted by molar-refractivity contribution is 0.245. The fourth-order valence-electron chi connectivity index (χ4n) is 5.61. The summed E-state index contributed by atoms with van der Waals surface area (Å²) in [5, 5.41) is 0. The molecule has 0 aromatic heterocycles. The summed E-state index contributed by atoms with van der Waals surface area (Å²) in [6, 6.07) is 25.5. The van der Waals surface area contributed by atoms with Gasteiger partial charge >= 0.3 is 0 Å². The molecule has 0 nitrogen and oxygen atoms in total. The van der Waals surface area contributed by atoms with Crippen molar-refractivity contribution in [3.8, 4) is 11.1 Å². The van der Waals surface area contributed by atoms with Crippen LogP contribution < -0.4 is 0 Å². The van der Waals surface area contributed by atoms with Gasteiger partial charge in [0.1, 0.15) is 5.82 Å². The molecule has 3 aromatic rings. The van der Waals surface area contributed by atoms with Gasteiger partial charge in [-0.25, -0.2) is 4.39 Å². The minimum atomic E-state index is -0.0767. The average molecular weight is 443 g/mol. The van der Waals surface area contributed by atoms with Crippen LogP contribution in [0.15, 0.2) is 72.8 Å². The Kier molecular flexibility index (Phi) is 8.37. The highest BCUT2D eigenvalue weighted by Gasteiger charge is 2.23. The number of hydrogen-bond donors (Lipinski definition) is 0. The number of rotatable bonds is 9. The Hall–Kier alpha value is -2.41. The van der Waals surface area contributed by atoms with Crippen molar-refractivity contribution in [1.82, 2.24) is 0 Å². The molecule has 174 valence electrons. The zero-order chi connectivity index (χ0) is 23.0. The maximum Gasteiger partial charge on any atom is 0.127 e. The third-order valence-electron chi connectivity index (χ3n) is 7.72. The second-order valence-corrected chi connectivity index (χ2v) is 10.2. The van der Waals surface area contributed by atoms with Crippen molar-refractivity contribution >= 4 is 0 Å². The Bertz CT molecular complexity index is 981. The van der Waals surface area contributed by atoms with E-state index in [4.69, 9.17) is 0 Å². The van der Waals surface area contributed by atoms with Crippen molar-refractivity contribution in [3.63, 3.8) is 0 Å². The summed E-state index contributed by atoms with van der Waals surface area (Å²) < 4.78 is 14.3. The van der Waals surface area contributed by atoms with Crippen LogP contribution in [0, 0.1) is 17.7 Å².